The van der Waals surface area contributed by atoms with E-state index in [0.717, 1.165) is 17.6 Å². The fourth-order valence-corrected chi connectivity index (χ4v) is 1.69. The summed E-state index contributed by atoms with van der Waals surface area (Å²) in [6, 6.07) is 7.74. The number of aromatic nitrogens is 3. The van der Waals surface area contributed by atoms with Crippen LogP contribution in [-0.2, 0) is 11.5 Å². The molecule has 1 amide bonds. The number of hydrogen-bond acceptors (Lipinski definition) is 3. The van der Waals surface area contributed by atoms with Crippen LogP contribution in [0.1, 0.15) is 6.42 Å². The van der Waals surface area contributed by atoms with Crippen molar-refractivity contribution in [1.82, 2.24) is 19.9 Å². The summed E-state index contributed by atoms with van der Waals surface area (Å²) < 4.78 is 1.76. The lowest BCUT2D eigenvalue weighted by Gasteiger charge is -2.30. The van der Waals surface area contributed by atoms with Gasteiger partial charge in [0.05, 0.1) is 5.52 Å². The highest BCUT2D eigenvalue weighted by atomic mass is 16.2. The quantitative estimate of drug-likeness (QED) is 0.671. The summed E-state index contributed by atoms with van der Waals surface area (Å²) in [7, 11) is 0. The van der Waals surface area contributed by atoms with Crippen LogP contribution in [0.4, 0.5) is 0 Å². The number of likely N-dealkylation sites (tertiary alicyclic amines) is 1. The molecular weight excluding hydrogens is 192 g/mol. The molecule has 5 heteroatoms. The number of nitrogens with zero attached hydrogens (tertiary/aromatic N) is 4. The monoisotopic (exact) mass is 202 g/mol. The van der Waals surface area contributed by atoms with E-state index in [2.05, 4.69) is 10.3 Å². The average molecular weight is 202 g/mol. The first kappa shape index (κ1) is 8.40. The second-order valence-corrected chi connectivity index (χ2v) is 3.63. The number of hydrogen-bond donors (Lipinski definition) is 0. The van der Waals surface area contributed by atoms with Gasteiger partial charge in [0.15, 0.2) is 0 Å². The van der Waals surface area contributed by atoms with Crippen molar-refractivity contribution < 1.29 is 4.79 Å². The molecule has 0 saturated carbocycles. The van der Waals surface area contributed by atoms with E-state index in [1.54, 1.807) is 9.58 Å². The summed E-state index contributed by atoms with van der Waals surface area (Å²) in [5.41, 5.74) is 1.84. The van der Waals surface area contributed by atoms with Crippen LogP contribution >= 0.6 is 0 Å². The van der Waals surface area contributed by atoms with Crippen LogP contribution < -0.4 is 0 Å². The van der Waals surface area contributed by atoms with Gasteiger partial charge in [0.2, 0.25) is 5.91 Å². The molecular formula is C10H10N4O. The van der Waals surface area contributed by atoms with Crippen molar-refractivity contribution in [2.75, 3.05) is 6.54 Å². The van der Waals surface area contributed by atoms with E-state index in [1.807, 2.05) is 24.3 Å². The number of amides is 1. The van der Waals surface area contributed by atoms with E-state index in [0.29, 0.717) is 13.1 Å². The Morgan fingerprint density at radius 3 is 2.93 bits per heavy atom. The van der Waals surface area contributed by atoms with E-state index in [1.165, 1.54) is 0 Å². The molecule has 1 saturated heterocycles. The second kappa shape index (κ2) is 3.05. The standard InChI is InChI=1S/C10H10N4O/c15-10-5-6-13(10)7-14-9-4-2-1-3-8(9)11-12-14/h1-4H,5-7H2. The van der Waals surface area contributed by atoms with Crippen molar-refractivity contribution in [1.29, 1.82) is 0 Å². The first-order chi connectivity index (χ1) is 7.34. The number of fused-ring (bicyclic) bond motifs is 1. The van der Waals surface area contributed by atoms with E-state index in [-0.39, 0.29) is 5.91 Å². The van der Waals surface area contributed by atoms with E-state index in [4.69, 9.17) is 0 Å². The Labute approximate surface area is 86.3 Å². The molecule has 76 valence electrons. The van der Waals surface area contributed by atoms with E-state index >= 15 is 0 Å². The molecule has 0 radical (unpaired) electrons. The molecule has 15 heavy (non-hydrogen) atoms. The fourth-order valence-electron chi connectivity index (χ4n) is 1.69. The van der Waals surface area contributed by atoms with Gasteiger partial charge in [0.1, 0.15) is 12.2 Å². The third-order valence-electron chi connectivity index (χ3n) is 2.67. The fraction of sp³-hybridized carbons (Fsp3) is 0.300. The number of benzene rings is 1. The summed E-state index contributed by atoms with van der Waals surface area (Å²) >= 11 is 0. The van der Waals surface area contributed by atoms with Crippen LogP contribution in [0.25, 0.3) is 11.0 Å². The third-order valence-corrected chi connectivity index (χ3v) is 2.67. The van der Waals surface area contributed by atoms with Crippen molar-refractivity contribution in [2.45, 2.75) is 13.1 Å². The summed E-state index contributed by atoms with van der Waals surface area (Å²) in [5.74, 6) is 0.189. The summed E-state index contributed by atoms with van der Waals surface area (Å²) in [6.45, 7) is 1.34. The average Bonchev–Trinajstić information content (AvgIpc) is 2.67. The van der Waals surface area contributed by atoms with Crippen LogP contribution in [0.15, 0.2) is 24.3 Å². The Morgan fingerprint density at radius 1 is 1.33 bits per heavy atom. The molecule has 0 unspecified atom stereocenters. The highest BCUT2D eigenvalue weighted by Crippen LogP contribution is 2.14. The van der Waals surface area contributed by atoms with Gasteiger partial charge in [-0.15, -0.1) is 5.10 Å². The number of carbonyl (C=O) groups excluding carboxylic acids is 1. The van der Waals surface area contributed by atoms with Gasteiger partial charge in [0.25, 0.3) is 0 Å². The van der Waals surface area contributed by atoms with Crippen molar-refractivity contribution in [3.63, 3.8) is 0 Å². The molecule has 1 fully saturated rings. The molecule has 0 N–H and O–H groups in total. The molecule has 3 rings (SSSR count). The van der Waals surface area contributed by atoms with Crippen LogP contribution in [0, 0.1) is 0 Å². The molecule has 0 atom stereocenters. The van der Waals surface area contributed by atoms with Gasteiger partial charge in [-0.05, 0) is 12.1 Å². The van der Waals surface area contributed by atoms with Gasteiger partial charge in [-0.25, -0.2) is 4.68 Å². The number of rotatable bonds is 2. The van der Waals surface area contributed by atoms with Gasteiger partial charge in [-0.2, -0.15) is 0 Å². The molecule has 0 spiro atoms. The smallest absolute Gasteiger partial charge is 0.225 e. The van der Waals surface area contributed by atoms with Gasteiger partial charge in [0, 0.05) is 13.0 Å². The molecule has 0 aliphatic carbocycles. The molecule has 1 aliphatic heterocycles. The van der Waals surface area contributed by atoms with E-state index in [9.17, 15) is 4.79 Å². The summed E-state index contributed by atoms with van der Waals surface area (Å²) in [5, 5.41) is 8.05. The highest BCUT2D eigenvalue weighted by Gasteiger charge is 2.24. The van der Waals surface area contributed by atoms with E-state index < -0.39 is 0 Å². The summed E-state index contributed by atoms with van der Waals surface area (Å²) in [6.07, 6.45) is 0.659. The number of carbonyl (C=O) groups is 1. The lowest BCUT2D eigenvalue weighted by Crippen LogP contribution is -2.44. The first-order valence-electron chi connectivity index (χ1n) is 4.90. The van der Waals surface area contributed by atoms with Crippen LogP contribution in [0.3, 0.4) is 0 Å². The molecule has 2 aromatic rings. The minimum absolute atomic E-state index is 0.189. The predicted molar refractivity (Wildman–Crippen MR) is 53.9 cm³/mol. The predicted octanol–water partition coefficient (Wildman–Crippen LogP) is 0.621. The number of β-lactam (4-membered cyclic amide) rings is 1. The van der Waals surface area contributed by atoms with Crippen molar-refractivity contribution in [3.8, 4) is 0 Å². The van der Waals surface area contributed by atoms with Crippen LogP contribution in [-0.4, -0.2) is 32.3 Å². The molecule has 2 heterocycles. The minimum Gasteiger partial charge on any atom is -0.322 e. The minimum atomic E-state index is 0.189. The molecule has 1 aromatic carbocycles. The van der Waals surface area contributed by atoms with Gasteiger partial charge >= 0.3 is 0 Å². The van der Waals surface area contributed by atoms with Gasteiger partial charge in [-0.1, -0.05) is 17.3 Å². The van der Waals surface area contributed by atoms with Crippen molar-refractivity contribution >= 4 is 16.9 Å². The second-order valence-electron chi connectivity index (χ2n) is 3.63. The topological polar surface area (TPSA) is 51.0 Å². The normalized spacial score (nSPS) is 15.7. The first-order valence-corrected chi connectivity index (χ1v) is 4.90. The highest BCUT2D eigenvalue weighted by molar-refractivity contribution is 5.81. The maximum absolute atomic E-state index is 11.2. The lowest BCUT2D eigenvalue weighted by atomic mass is 10.2. The van der Waals surface area contributed by atoms with Crippen LogP contribution in [0.2, 0.25) is 0 Å². The SMILES string of the molecule is O=C1CCN1Cn1nnc2ccccc21. The Hall–Kier alpha value is -1.91. The lowest BCUT2D eigenvalue weighted by molar-refractivity contribution is -0.142. The van der Waals surface area contributed by atoms with Crippen LogP contribution in [0.5, 0.6) is 0 Å². The maximum Gasteiger partial charge on any atom is 0.225 e. The Morgan fingerprint density at radius 2 is 2.20 bits per heavy atom. The van der Waals surface area contributed by atoms with Crippen molar-refractivity contribution in [2.24, 2.45) is 0 Å². The largest absolute Gasteiger partial charge is 0.322 e. The van der Waals surface area contributed by atoms with Gasteiger partial charge < -0.3 is 4.90 Å². The Kier molecular flexibility index (Phi) is 1.71. The third kappa shape index (κ3) is 1.27. The number of para-hydroxylation sites is 1. The molecule has 1 aromatic heterocycles. The maximum atomic E-state index is 11.2. The Bertz CT molecular complexity index is 519. The van der Waals surface area contributed by atoms with Crippen molar-refractivity contribution in [3.05, 3.63) is 24.3 Å². The molecule has 1 aliphatic rings. The van der Waals surface area contributed by atoms with Gasteiger partial charge in [-0.3, -0.25) is 4.79 Å². The summed E-state index contributed by atoms with van der Waals surface area (Å²) in [4.78, 5) is 12.9. The molecule has 0 bridgehead atoms. The zero-order chi connectivity index (χ0) is 10.3. The molecule has 5 nitrogen and oxygen atoms in total. The zero-order valence-electron chi connectivity index (χ0n) is 8.13. The Balaban J connectivity index is 1.94. The zero-order valence-corrected chi connectivity index (χ0v) is 8.13.